The zero-order chi connectivity index (χ0) is 25.4. The van der Waals surface area contributed by atoms with E-state index in [0.717, 1.165) is 23.5 Å². The van der Waals surface area contributed by atoms with Gasteiger partial charge in [0.05, 0.1) is 53.6 Å². The first-order chi connectivity index (χ1) is 17.2. The number of aryl methyl sites for hydroxylation is 1. The summed E-state index contributed by atoms with van der Waals surface area (Å²) in [6, 6.07) is 5.42. The van der Waals surface area contributed by atoms with Crippen molar-refractivity contribution in [2.75, 3.05) is 37.4 Å². The molecule has 0 aromatic carbocycles. The molecule has 2 amide bonds. The van der Waals surface area contributed by atoms with Crippen LogP contribution in [0.4, 0.5) is 11.4 Å². The normalized spacial score (nSPS) is 14.9. The van der Waals surface area contributed by atoms with Crippen molar-refractivity contribution in [3.05, 3.63) is 54.2 Å². The van der Waals surface area contributed by atoms with Crippen molar-refractivity contribution in [2.45, 2.75) is 20.8 Å². The number of carbonyl (C=O) groups is 2. The number of thiazole rings is 1. The molecule has 190 valence electrons. The maximum atomic E-state index is 13.1. The molecule has 5 rings (SSSR count). The van der Waals surface area contributed by atoms with E-state index < -0.39 is 0 Å². The molecule has 1 fully saturated rings. The number of rotatable bonds is 7. The predicted octanol–water partition coefficient (Wildman–Crippen LogP) is 4.19. The zero-order valence-corrected chi connectivity index (χ0v) is 21.3. The third kappa shape index (κ3) is 4.93. The number of methoxy groups -OCH3 is 1. The van der Waals surface area contributed by atoms with Crippen molar-refractivity contribution in [1.82, 2.24) is 24.5 Å². The number of hydrogen-bond donors (Lipinski definition) is 2. The fourth-order valence-corrected chi connectivity index (χ4v) is 5.37. The Labute approximate surface area is 215 Å². The van der Waals surface area contributed by atoms with E-state index in [1.165, 1.54) is 11.3 Å². The Morgan fingerprint density at radius 2 is 1.97 bits per heavy atom. The van der Waals surface area contributed by atoms with Gasteiger partial charge in [0, 0.05) is 40.0 Å². The molecule has 0 bridgehead atoms. The molecule has 0 atom stereocenters. The molecule has 2 N–H and O–H groups in total. The van der Waals surface area contributed by atoms with Crippen LogP contribution in [0, 0.1) is 12.3 Å². The minimum absolute atomic E-state index is 0. The van der Waals surface area contributed by atoms with Gasteiger partial charge in [-0.05, 0) is 24.5 Å². The molecule has 36 heavy (non-hydrogen) atoms. The van der Waals surface area contributed by atoms with E-state index in [1.807, 2.05) is 12.3 Å². The fraction of sp³-hybridized carbons (Fsp3) is 0.320. The minimum atomic E-state index is -0.303. The lowest BCUT2D eigenvalue weighted by Crippen LogP contribution is -2.54. The third-order valence-electron chi connectivity index (χ3n) is 5.96. The first-order valence-electron chi connectivity index (χ1n) is 11.5. The molecule has 0 unspecified atom stereocenters. The van der Waals surface area contributed by atoms with Crippen LogP contribution in [-0.2, 0) is 4.79 Å². The van der Waals surface area contributed by atoms with Crippen LogP contribution in [0.3, 0.4) is 0 Å². The molecule has 0 spiro atoms. The SMILES string of the molecule is COc1ccc(-c2cn3ncc(C(=O)Nc4cc(NC(=O)CN5CC(C)(C)C5)cnc4C)c3s2)cn1.[HH].[HH]. The molecule has 0 radical (unpaired) electrons. The number of pyridine rings is 2. The average molecular weight is 510 g/mol. The molecule has 1 aliphatic heterocycles. The summed E-state index contributed by atoms with van der Waals surface area (Å²) in [5, 5.41) is 10.1. The summed E-state index contributed by atoms with van der Waals surface area (Å²) >= 11 is 1.45. The second-order valence-electron chi connectivity index (χ2n) is 9.66. The summed E-state index contributed by atoms with van der Waals surface area (Å²) in [7, 11) is 1.57. The van der Waals surface area contributed by atoms with Crippen LogP contribution in [0.1, 0.15) is 32.8 Å². The number of nitrogens with one attached hydrogen (secondary N) is 2. The highest BCUT2D eigenvalue weighted by molar-refractivity contribution is 7.21. The van der Waals surface area contributed by atoms with Crippen molar-refractivity contribution in [2.24, 2.45) is 5.41 Å². The maximum Gasteiger partial charge on any atom is 0.260 e. The van der Waals surface area contributed by atoms with Gasteiger partial charge in [0.25, 0.3) is 5.91 Å². The van der Waals surface area contributed by atoms with Gasteiger partial charge < -0.3 is 15.4 Å². The highest BCUT2D eigenvalue weighted by Crippen LogP contribution is 2.31. The number of ether oxygens (including phenoxy) is 1. The lowest BCUT2D eigenvalue weighted by Gasteiger charge is -2.45. The lowest BCUT2D eigenvalue weighted by molar-refractivity contribution is -0.120. The van der Waals surface area contributed by atoms with Crippen LogP contribution in [-0.4, -0.2) is 63.0 Å². The Hall–Kier alpha value is -3.83. The summed E-state index contributed by atoms with van der Waals surface area (Å²) in [6.07, 6.45) is 6.72. The number of nitrogens with zero attached hydrogens (tertiary/aromatic N) is 5. The fourth-order valence-electron chi connectivity index (χ4n) is 4.32. The molecule has 4 aromatic rings. The summed E-state index contributed by atoms with van der Waals surface area (Å²) < 4.78 is 6.80. The number of hydrogen-bond acceptors (Lipinski definition) is 8. The molecule has 11 heteroatoms. The Morgan fingerprint density at radius 3 is 2.67 bits per heavy atom. The van der Waals surface area contributed by atoms with Gasteiger partial charge in [-0.3, -0.25) is 19.5 Å². The van der Waals surface area contributed by atoms with Gasteiger partial charge in [-0.25, -0.2) is 9.50 Å². The topological polar surface area (TPSA) is 114 Å². The lowest BCUT2D eigenvalue weighted by atomic mass is 9.84. The molecule has 0 aliphatic carbocycles. The van der Waals surface area contributed by atoms with Gasteiger partial charge in [-0.1, -0.05) is 13.8 Å². The van der Waals surface area contributed by atoms with Gasteiger partial charge in [0.1, 0.15) is 4.83 Å². The number of fused-ring (bicyclic) bond motifs is 1. The van der Waals surface area contributed by atoms with E-state index in [-0.39, 0.29) is 20.1 Å². The monoisotopic (exact) mass is 509 g/mol. The van der Waals surface area contributed by atoms with Crippen LogP contribution in [0.25, 0.3) is 15.3 Å². The Bertz CT molecular complexity index is 1450. The van der Waals surface area contributed by atoms with Crippen LogP contribution in [0.15, 0.2) is 43.0 Å². The smallest absolute Gasteiger partial charge is 0.260 e. The van der Waals surface area contributed by atoms with Gasteiger partial charge in [0.15, 0.2) is 0 Å². The summed E-state index contributed by atoms with van der Waals surface area (Å²) in [5.74, 6) is 0.125. The standard InChI is InChI=1S/C25H27N7O3S.2H2/c1-15-19(7-17(9-26-15)29-21(33)12-31-13-25(2,3)14-31)30-23(34)18-10-28-32-11-20(36-24(18)32)16-5-6-22(35-4)27-8-16;;/h5-11H,12-14H2,1-4H3,(H,29,33)(H,30,34);2*1H. The van der Waals surface area contributed by atoms with E-state index in [4.69, 9.17) is 4.74 Å². The molecule has 5 heterocycles. The minimum Gasteiger partial charge on any atom is -0.481 e. The molecular formula is C25H31N7O3S. The molecule has 1 saturated heterocycles. The highest BCUT2D eigenvalue weighted by atomic mass is 32.1. The second-order valence-corrected chi connectivity index (χ2v) is 10.7. The van der Waals surface area contributed by atoms with E-state index in [1.54, 1.807) is 49.3 Å². The van der Waals surface area contributed by atoms with Crippen molar-refractivity contribution in [3.8, 4) is 16.3 Å². The summed E-state index contributed by atoms with van der Waals surface area (Å²) in [5.41, 5.74) is 3.32. The average Bonchev–Trinajstić information content (AvgIpc) is 3.41. The Kier molecular flexibility index (Phi) is 6.19. The number of carbonyl (C=O) groups excluding carboxylic acids is 2. The number of amides is 2. The summed E-state index contributed by atoms with van der Waals surface area (Å²) in [6.45, 7) is 8.29. The molecular weight excluding hydrogens is 478 g/mol. The summed E-state index contributed by atoms with van der Waals surface area (Å²) in [4.78, 5) is 37.9. The third-order valence-corrected chi connectivity index (χ3v) is 7.12. The van der Waals surface area contributed by atoms with E-state index in [0.29, 0.717) is 39.9 Å². The van der Waals surface area contributed by atoms with E-state index in [9.17, 15) is 9.59 Å². The quantitative estimate of drug-likeness (QED) is 0.384. The number of aromatic nitrogens is 4. The van der Waals surface area contributed by atoms with Gasteiger partial charge >= 0.3 is 0 Å². The van der Waals surface area contributed by atoms with Crippen LogP contribution in [0.2, 0.25) is 0 Å². The van der Waals surface area contributed by atoms with Crippen LogP contribution in [0.5, 0.6) is 5.88 Å². The predicted molar refractivity (Wildman–Crippen MR) is 143 cm³/mol. The Balaban J connectivity index is 0.00000200. The molecule has 1 aliphatic rings. The Morgan fingerprint density at radius 1 is 1.17 bits per heavy atom. The largest absolute Gasteiger partial charge is 0.481 e. The van der Waals surface area contributed by atoms with E-state index >= 15 is 0 Å². The zero-order valence-electron chi connectivity index (χ0n) is 20.5. The van der Waals surface area contributed by atoms with Crippen molar-refractivity contribution < 1.29 is 17.2 Å². The number of anilines is 2. The van der Waals surface area contributed by atoms with Crippen molar-refractivity contribution in [3.63, 3.8) is 0 Å². The van der Waals surface area contributed by atoms with Gasteiger partial charge in [0.2, 0.25) is 11.8 Å². The second kappa shape index (κ2) is 9.32. The van der Waals surface area contributed by atoms with Crippen LogP contribution < -0.4 is 15.4 Å². The highest BCUT2D eigenvalue weighted by Gasteiger charge is 2.34. The molecule has 10 nitrogen and oxygen atoms in total. The first kappa shape index (κ1) is 23.9. The van der Waals surface area contributed by atoms with Gasteiger partial charge in [-0.15, -0.1) is 11.3 Å². The van der Waals surface area contributed by atoms with Crippen LogP contribution >= 0.6 is 11.3 Å². The van der Waals surface area contributed by atoms with E-state index in [2.05, 4.69) is 44.4 Å². The van der Waals surface area contributed by atoms with Crippen molar-refractivity contribution in [1.29, 1.82) is 0 Å². The molecule has 0 saturated carbocycles. The number of likely N-dealkylation sites (tertiary alicyclic amines) is 1. The maximum absolute atomic E-state index is 13.1. The van der Waals surface area contributed by atoms with Gasteiger partial charge in [-0.2, -0.15) is 5.10 Å². The molecule has 4 aromatic heterocycles. The van der Waals surface area contributed by atoms with Crippen molar-refractivity contribution >= 4 is 39.4 Å². The first-order valence-corrected chi connectivity index (χ1v) is 12.3.